The highest BCUT2D eigenvalue weighted by atomic mass is 19.4. The van der Waals surface area contributed by atoms with E-state index in [-0.39, 0.29) is 34.6 Å². The number of alkyl halides is 3. The third-order valence-corrected chi connectivity index (χ3v) is 9.98. The largest absolute Gasteiger partial charge is 0.459 e. The van der Waals surface area contributed by atoms with Crippen LogP contribution in [0.25, 0.3) is 0 Å². The van der Waals surface area contributed by atoms with Gasteiger partial charge in [-0.15, -0.1) is 0 Å². The number of allylic oxidation sites excluding steroid dienone is 2. The molecule has 5 rings (SSSR count). The van der Waals surface area contributed by atoms with Crippen LogP contribution in [0.5, 0.6) is 0 Å². The van der Waals surface area contributed by atoms with Crippen LogP contribution in [0, 0.1) is 17.8 Å². The van der Waals surface area contributed by atoms with Crippen LogP contribution in [0.2, 0.25) is 0 Å². The van der Waals surface area contributed by atoms with Crippen LogP contribution >= 0.6 is 0 Å². The van der Waals surface area contributed by atoms with Crippen molar-refractivity contribution in [3.63, 3.8) is 0 Å². The summed E-state index contributed by atoms with van der Waals surface area (Å²) in [7, 11) is 0. The first kappa shape index (κ1) is 34.7. The molecule has 1 saturated heterocycles. The van der Waals surface area contributed by atoms with Gasteiger partial charge in [-0.25, -0.2) is 9.59 Å². The van der Waals surface area contributed by atoms with Crippen LogP contribution in [0.3, 0.4) is 0 Å². The summed E-state index contributed by atoms with van der Waals surface area (Å²) in [6, 6.07) is 15.2. The quantitative estimate of drug-likeness (QED) is 0.291. The molecule has 3 aliphatic rings. The fraction of sp³-hybridized carbons (Fsp3) is 0.526. The second-order valence-corrected chi connectivity index (χ2v) is 13.9. The molecule has 6 nitrogen and oxygen atoms in total. The van der Waals surface area contributed by atoms with Crippen molar-refractivity contribution in [2.24, 2.45) is 17.8 Å². The Balaban J connectivity index is 1.47. The molecule has 1 aliphatic carbocycles. The third kappa shape index (κ3) is 8.11. The van der Waals surface area contributed by atoms with Crippen LogP contribution in [0.15, 0.2) is 77.1 Å². The number of esters is 2. The summed E-state index contributed by atoms with van der Waals surface area (Å²) in [5.41, 5.74) is 0.796. The number of rotatable bonds is 8. The van der Waals surface area contributed by atoms with Crippen LogP contribution < -0.4 is 5.32 Å². The summed E-state index contributed by atoms with van der Waals surface area (Å²) in [5, 5.41) is 3.12. The lowest BCUT2D eigenvalue weighted by Gasteiger charge is -2.38. The highest BCUT2D eigenvalue weighted by Crippen LogP contribution is 2.45. The SMILES string of the molecule is CC1=C(C(=O)OC2CCCN(Cc3ccccc3)C2)C(c2ccccc2C(F)(F)F)C(C(=O)OC2CC(C)CCC2C(C)C)=C(C)N1. The molecule has 1 saturated carbocycles. The number of ether oxygens (including phenoxy) is 2. The molecule has 2 heterocycles. The summed E-state index contributed by atoms with van der Waals surface area (Å²) >= 11 is 0. The van der Waals surface area contributed by atoms with E-state index in [0.717, 1.165) is 37.4 Å². The molecule has 2 aromatic carbocycles. The Hall–Kier alpha value is -3.59. The Morgan fingerprint density at radius 2 is 1.55 bits per heavy atom. The van der Waals surface area contributed by atoms with E-state index >= 15 is 0 Å². The smallest absolute Gasteiger partial charge is 0.416 e. The molecule has 47 heavy (non-hydrogen) atoms. The number of nitrogens with zero attached hydrogens (tertiary/aromatic N) is 1. The van der Waals surface area contributed by atoms with Crippen molar-refractivity contribution in [2.75, 3.05) is 13.1 Å². The zero-order valence-corrected chi connectivity index (χ0v) is 28.0. The number of piperidine rings is 1. The summed E-state index contributed by atoms with van der Waals surface area (Å²) in [4.78, 5) is 30.6. The number of hydrogen-bond donors (Lipinski definition) is 1. The first-order valence-electron chi connectivity index (χ1n) is 16.9. The zero-order valence-electron chi connectivity index (χ0n) is 28.0. The molecule has 5 unspecified atom stereocenters. The van der Waals surface area contributed by atoms with Crippen molar-refractivity contribution >= 4 is 11.9 Å². The number of hydrogen-bond acceptors (Lipinski definition) is 6. The summed E-state index contributed by atoms with van der Waals surface area (Å²) in [5.74, 6) is -1.99. The molecule has 0 spiro atoms. The first-order chi connectivity index (χ1) is 22.3. The topological polar surface area (TPSA) is 67.9 Å². The number of benzene rings is 2. The second-order valence-electron chi connectivity index (χ2n) is 13.9. The maximum Gasteiger partial charge on any atom is 0.416 e. The van der Waals surface area contributed by atoms with E-state index in [1.165, 1.54) is 18.2 Å². The van der Waals surface area contributed by atoms with Gasteiger partial charge < -0.3 is 14.8 Å². The lowest BCUT2D eigenvalue weighted by atomic mass is 9.75. The van der Waals surface area contributed by atoms with Crippen LogP contribution in [0.4, 0.5) is 13.2 Å². The van der Waals surface area contributed by atoms with Gasteiger partial charge in [0, 0.05) is 24.5 Å². The highest BCUT2D eigenvalue weighted by Gasteiger charge is 2.45. The maximum absolute atomic E-state index is 14.5. The molecule has 1 N–H and O–H groups in total. The van der Waals surface area contributed by atoms with E-state index in [1.54, 1.807) is 13.8 Å². The predicted molar refractivity (Wildman–Crippen MR) is 175 cm³/mol. The number of nitrogens with one attached hydrogen (secondary N) is 1. The van der Waals surface area contributed by atoms with Gasteiger partial charge in [0.05, 0.1) is 22.6 Å². The minimum absolute atomic E-state index is 0.00291. The van der Waals surface area contributed by atoms with Gasteiger partial charge in [-0.2, -0.15) is 13.2 Å². The Morgan fingerprint density at radius 1 is 0.915 bits per heavy atom. The van der Waals surface area contributed by atoms with Crippen LogP contribution in [-0.4, -0.2) is 42.1 Å². The molecular weight excluding hydrogens is 605 g/mol. The van der Waals surface area contributed by atoms with Crippen molar-refractivity contribution in [1.82, 2.24) is 10.2 Å². The number of carbonyl (C=O) groups is 2. The standard InChI is InChI=1S/C38H47F3N2O4/c1-23(2)29-18-17-24(3)20-32(29)47-37(45)34-26(5)42-25(4)33(35(34)30-15-9-10-16-31(30)38(39,40)41)36(44)46-28-14-11-19-43(22-28)21-27-12-7-6-8-13-27/h6-10,12-13,15-16,23-24,28-29,32,35,42H,11,14,17-22H2,1-5H3. The molecule has 2 aliphatic heterocycles. The van der Waals surface area contributed by atoms with Crippen molar-refractivity contribution in [3.05, 3.63) is 93.8 Å². The van der Waals surface area contributed by atoms with E-state index in [9.17, 15) is 22.8 Å². The predicted octanol–water partition coefficient (Wildman–Crippen LogP) is 8.15. The van der Waals surface area contributed by atoms with Gasteiger partial charge in [-0.05, 0) is 81.0 Å². The summed E-state index contributed by atoms with van der Waals surface area (Å²) < 4.78 is 55.9. The third-order valence-electron chi connectivity index (χ3n) is 9.98. The number of likely N-dealkylation sites (tertiary alicyclic amines) is 1. The summed E-state index contributed by atoms with van der Waals surface area (Å²) in [6.45, 7) is 11.7. The van der Waals surface area contributed by atoms with Crippen molar-refractivity contribution in [3.8, 4) is 0 Å². The number of dihydropyridines is 1. The van der Waals surface area contributed by atoms with Gasteiger partial charge in [0.15, 0.2) is 0 Å². The molecule has 2 aromatic rings. The maximum atomic E-state index is 14.5. The van der Waals surface area contributed by atoms with E-state index in [4.69, 9.17) is 9.47 Å². The first-order valence-corrected chi connectivity index (χ1v) is 16.9. The van der Waals surface area contributed by atoms with Crippen molar-refractivity contribution in [2.45, 2.75) is 97.6 Å². The lowest BCUT2D eigenvalue weighted by Crippen LogP contribution is -2.42. The molecule has 5 atom stereocenters. The molecule has 2 fully saturated rings. The normalized spacial score (nSPS) is 25.9. The van der Waals surface area contributed by atoms with Gasteiger partial charge in [-0.3, -0.25) is 4.90 Å². The van der Waals surface area contributed by atoms with E-state index in [0.29, 0.717) is 43.2 Å². The fourth-order valence-corrected chi connectivity index (χ4v) is 7.61. The number of halogens is 3. The molecule has 0 amide bonds. The van der Waals surface area contributed by atoms with Crippen LogP contribution in [0.1, 0.15) is 89.3 Å². The van der Waals surface area contributed by atoms with E-state index < -0.39 is 35.7 Å². The molecular formula is C38H47F3N2O4. The lowest BCUT2D eigenvalue weighted by molar-refractivity contribution is -0.152. The Labute approximate surface area is 276 Å². The minimum atomic E-state index is -4.71. The zero-order chi connectivity index (χ0) is 33.9. The average molecular weight is 653 g/mol. The molecule has 9 heteroatoms. The van der Waals surface area contributed by atoms with Gasteiger partial charge in [0.1, 0.15) is 12.2 Å². The van der Waals surface area contributed by atoms with Crippen molar-refractivity contribution < 1.29 is 32.2 Å². The van der Waals surface area contributed by atoms with Crippen molar-refractivity contribution in [1.29, 1.82) is 0 Å². The molecule has 0 bridgehead atoms. The summed E-state index contributed by atoms with van der Waals surface area (Å²) in [6.07, 6.45) is -1.45. The highest BCUT2D eigenvalue weighted by molar-refractivity contribution is 6.00. The fourth-order valence-electron chi connectivity index (χ4n) is 7.61. The van der Waals surface area contributed by atoms with Gasteiger partial charge in [0.25, 0.3) is 0 Å². The Bertz CT molecular complexity index is 1500. The average Bonchev–Trinajstić information content (AvgIpc) is 3.00. The second kappa shape index (κ2) is 14.7. The molecule has 254 valence electrons. The Morgan fingerprint density at radius 3 is 2.21 bits per heavy atom. The monoisotopic (exact) mass is 652 g/mol. The number of carbonyl (C=O) groups excluding carboxylic acids is 2. The van der Waals surface area contributed by atoms with E-state index in [1.807, 2.05) is 30.3 Å². The Kier molecular flexibility index (Phi) is 10.8. The minimum Gasteiger partial charge on any atom is -0.459 e. The molecule has 0 radical (unpaired) electrons. The van der Waals surface area contributed by atoms with Gasteiger partial charge >= 0.3 is 18.1 Å². The van der Waals surface area contributed by atoms with Crippen LogP contribution in [-0.2, 0) is 31.8 Å². The van der Waals surface area contributed by atoms with E-state index in [2.05, 4.69) is 31.0 Å². The van der Waals surface area contributed by atoms with Gasteiger partial charge in [-0.1, -0.05) is 75.7 Å². The molecule has 0 aromatic heterocycles. The van der Waals surface area contributed by atoms with Gasteiger partial charge in [0.2, 0.25) is 0 Å².